The van der Waals surface area contributed by atoms with Crippen molar-refractivity contribution in [3.05, 3.63) is 60.3 Å². The van der Waals surface area contributed by atoms with E-state index in [1.165, 1.54) is 0 Å². The van der Waals surface area contributed by atoms with Gasteiger partial charge in [-0.2, -0.15) is 0 Å². The Morgan fingerprint density at radius 1 is 1.00 bits per heavy atom. The van der Waals surface area contributed by atoms with Gasteiger partial charge in [0.25, 0.3) is 10.0 Å². The molecule has 0 bridgehead atoms. The lowest BCUT2D eigenvalue weighted by Crippen LogP contribution is -2.27. The van der Waals surface area contributed by atoms with Gasteiger partial charge in [0.15, 0.2) is 0 Å². The molecule has 4 rings (SSSR count). The van der Waals surface area contributed by atoms with Gasteiger partial charge in [-0.3, -0.25) is 9.71 Å². The summed E-state index contributed by atoms with van der Waals surface area (Å²) in [6, 6.07) is 10.1. The second-order valence-corrected chi connectivity index (χ2v) is 9.07. The zero-order chi connectivity index (χ0) is 21.8. The molecule has 0 amide bonds. The van der Waals surface area contributed by atoms with Crippen LogP contribution in [0.4, 0.5) is 11.5 Å². The predicted molar refractivity (Wildman–Crippen MR) is 120 cm³/mol. The molecule has 1 N–H and O–H groups in total. The molecule has 0 unspecified atom stereocenters. The van der Waals surface area contributed by atoms with Crippen LogP contribution >= 0.6 is 0 Å². The van der Waals surface area contributed by atoms with Crippen molar-refractivity contribution < 1.29 is 13.2 Å². The molecule has 31 heavy (non-hydrogen) atoms. The van der Waals surface area contributed by atoms with Gasteiger partial charge in [-0.1, -0.05) is 18.2 Å². The number of sulfonamides is 1. The second kappa shape index (κ2) is 8.99. The Hall–Kier alpha value is -3.04. The van der Waals surface area contributed by atoms with Crippen LogP contribution in [0.2, 0.25) is 0 Å². The van der Waals surface area contributed by atoms with Crippen molar-refractivity contribution in [2.24, 2.45) is 0 Å². The van der Waals surface area contributed by atoms with E-state index in [0.717, 1.165) is 48.8 Å². The number of aromatic nitrogens is 3. The number of rotatable bonds is 5. The quantitative estimate of drug-likeness (QED) is 0.652. The highest BCUT2D eigenvalue weighted by molar-refractivity contribution is 7.92. The van der Waals surface area contributed by atoms with Crippen molar-refractivity contribution in [3.63, 3.8) is 0 Å². The maximum atomic E-state index is 12.8. The molecule has 162 valence electrons. The zero-order valence-corrected chi connectivity index (χ0v) is 18.4. The van der Waals surface area contributed by atoms with E-state index in [0.29, 0.717) is 18.0 Å². The summed E-state index contributed by atoms with van der Waals surface area (Å²) < 4.78 is 33.9. The summed E-state index contributed by atoms with van der Waals surface area (Å²) >= 11 is 0. The molecule has 3 aromatic rings. The highest BCUT2D eigenvalue weighted by Gasteiger charge is 2.21. The lowest BCUT2D eigenvalue weighted by molar-refractivity contribution is 0.152. The molecule has 1 saturated heterocycles. The number of benzene rings is 1. The number of hydrogen-bond donors (Lipinski definition) is 1. The van der Waals surface area contributed by atoms with Crippen molar-refractivity contribution in [3.8, 4) is 11.1 Å². The molecule has 0 atom stereocenters. The maximum absolute atomic E-state index is 12.8. The van der Waals surface area contributed by atoms with Crippen molar-refractivity contribution in [1.82, 2.24) is 15.0 Å². The molecule has 2 aromatic heterocycles. The highest BCUT2D eigenvalue weighted by atomic mass is 32.2. The maximum Gasteiger partial charge on any atom is 0.261 e. The molecule has 1 aliphatic heterocycles. The number of nitrogens with zero attached hydrogens (tertiary/aromatic N) is 4. The van der Waals surface area contributed by atoms with Crippen LogP contribution in [0.25, 0.3) is 11.1 Å². The van der Waals surface area contributed by atoms with Crippen molar-refractivity contribution in [2.45, 2.75) is 25.2 Å². The molecule has 9 heteroatoms. The zero-order valence-electron chi connectivity index (χ0n) is 17.6. The molecular formula is C22H25N5O3S. The van der Waals surface area contributed by atoms with E-state index in [1.54, 1.807) is 55.8 Å². The number of nitrogens with one attached hydrogen (secondary N) is 1. The summed E-state index contributed by atoms with van der Waals surface area (Å²) in [7, 11) is -3.73. The minimum Gasteiger partial charge on any atom is -0.380 e. The van der Waals surface area contributed by atoms with Gasteiger partial charge in [-0.15, -0.1) is 0 Å². The molecule has 1 aliphatic rings. The van der Waals surface area contributed by atoms with Crippen LogP contribution in [0.15, 0.2) is 53.8 Å². The van der Waals surface area contributed by atoms with Crippen LogP contribution in [-0.4, -0.2) is 49.7 Å². The normalized spacial score (nSPS) is 14.8. The third-order valence-electron chi connectivity index (χ3n) is 5.21. The van der Waals surface area contributed by atoms with Gasteiger partial charge in [-0.25, -0.2) is 18.4 Å². The number of aryl methyl sites for hydroxylation is 2. The number of anilines is 2. The van der Waals surface area contributed by atoms with Crippen LogP contribution in [0, 0.1) is 13.8 Å². The van der Waals surface area contributed by atoms with Crippen LogP contribution in [0.3, 0.4) is 0 Å². The van der Waals surface area contributed by atoms with Crippen molar-refractivity contribution in [2.75, 3.05) is 35.9 Å². The van der Waals surface area contributed by atoms with Gasteiger partial charge in [0.1, 0.15) is 12.1 Å². The first-order chi connectivity index (χ1) is 15.0. The number of hydrogen-bond acceptors (Lipinski definition) is 7. The molecule has 8 nitrogen and oxygen atoms in total. The van der Waals surface area contributed by atoms with E-state index < -0.39 is 10.0 Å². The van der Waals surface area contributed by atoms with E-state index in [-0.39, 0.29) is 4.90 Å². The molecular weight excluding hydrogens is 414 g/mol. The van der Waals surface area contributed by atoms with E-state index >= 15 is 0 Å². The number of ether oxygens (including phenoxy) is 1. The van der Waals surface area contributed by atoms with Gasteiger partial charge in [0.2, 0.25) is 0 Å². The molecule has 0 spiro atoms. The minimum absolute atomic E-state index is 0.198. The van der Waals surface area contributed by atoms with Crippen LogP contribution in [0.1, 0.15) is 17.8 Å². The van der Waals surface area contributed by atoms with Gasteiger partial charge in [-0.05, 0) is 38.5 Å². The van der Waals surface area contributed by atoms with Crippen LogP contribution < -0.4 is 9.62 Å². The van der Waals surface area contributed by atoms with E-state index in [2.05, 4.69) is 24.6 Å². The Kier molecular flexibility index (Phi) is 6.15. The molecule has 0 radical (unpaired) electrons. The summed E-state index contributed by atoms with van der Waals surface area (Å²) in [5, 5.41) is 0. The number of pyridine rings is 1. The summed E-state index contributed by atoms with van der Waals surface area (Å²) in [6.45, 7) is 6.62. The lowest BCUT2D eigenvalue weighted by atomic mass is 10.0. The summed E-state index contributed by atoms with van der Waals surface area (Å²) in [5.74, 6) is 0.806. The average Bonchev–Trinajstić information content (AvgIpc) is 3.05. The third kappa shape index (κ3) is 4.67. The van der Waals surface area contributed by atoms with Crippen LogP contribution in [0.5, 0.6) is 0 Å². The Bertz CT molecular complexity index is 1160. The summed E-state index contributed by atoms with van der Waals surface area (Å²) in [4.78, 5) is 15.8. The van der Waals surface area contributed by atoms with E-state index in [4.69, 9.17) is 4.74 Å². The molecule has 1 aromatic carbocycles. The first kappa shape index (κ1) is 21.2. The smallest absolute Gasteiger partial charge is 0.261 e. The van der Waals surface area contributed by atoms with Gasteiger partial charge < -0.3 is 9.64 Å². The fraction of sp³-hybridized carbons (Fsp3) is 0.318. The van der Waals surface area contributed by atoms with Gasteiger partial charge in [0.05, 0.1) is 28.6 Å². The third-order valence-corrected chi connectivity index (χ3v) is 6.59. The first-order valence-corrected chi connectivity index (χ1v) is 11.6. The largest absolute Gasteiger partial charge is 0.380 e. The molecule has 3 heterocycles. The summed E-state index contributed by atoms with van der Waals surface area (Å²) in [6.07, 6.45) is 4.20. The van der Waals surface area contributed by atoms with Gasteiger partial charge in [0, 0.05) is 37.0 Å². The van der Waals surface area contributed by atoms with E-state index in [9.17, 15) is 8.42 Å². The Morgan fingerprint density at radius 2 is 1.81 bits per heavy atom. The fourth-order valence-electron chi connectivity index (χ4n) is 3.57. The fourth-order valence-corrected chi connectivity index (χ4v) is 4.70. The predicted octanol–water partition coefficient (Wildman–Crippen LogP) is 3.18. The molecule has 0 saturated carbocycles. The van der Waals surface area contributed by atoms with Crippen molar-refractivity contribution >= 4 is 21.5 Å². The standard InChI is InChI=1S/C22H25N5O3S/c1-16-20(26-31(28,29)19-7-4-3-5-8-19)13-18(14-23-16)21-17(2)24-15-25-22(21)27-9-6-11-30-12-10-27/h3-5,7-8,13-15,26H,6,9-12H2,1-2H3. The second-order valence-electron chi connectivity index (χ2n) is 7.39. The van der Waals surface area contributed by atoms with E-state index in [1.807, 2.05) is 6.92 Å². The minimum atomic E-state index is -3.73. The Morgan fingerprint density at radius 3 is 2.61 bits per heavy atom. The SMILES string of the molecule is Cc1ncc(-c2c(C)ncnc2N2CCCOCC2)cc1NS(=O)(=O)c1ccccc1. The molecule has 0 aliphatic carbocycles. The first-order valence-electron chi connectivity index (χ1n) is 10.1. The van der Waals surface area contributed by atoms with Crippen LogP contribution in [-0.2, 0) is 14.8 Å². The average molecular weight is 440 g/mol. The van der Waals surface area contributed by atoms with Gasteiger partial charge >= 0.3 is 0 Å². The molecule has 1 fully saturated rings. The Balaban J connectivity index is 1.74. The highest BCUT2D eigenvalue weighted by Crippen LogP contribution is 2.33. The topological polar surface area (TPSA) is 97.3 Å². The lowest BCUT2D eigenvalue weighted by Gasteiger charge is -2.24. The summed E-state index contributed by atoms with van der Waals surface area (Å²) in [5.41, 5.74) is 3.42. The monoisotopic (exact) mass is 439 g/mol. The van der Waals surface area contributed by atoms with Crippen molar-refractivity contribution in [1.29, 1.82) is 0 Å². The Labute approximate surface area is 182 Å².